The second-order valence-corrected chi connectivity index (χ2v) is 8.85. The van der Waals surface area contributed by atoms with Crippen molar-refractivity contribution in [2.24, 2.45) is 0 Å². The summed E-state index contributed by atoms with van der Waals surface area (Å²) in [6.07, 6.45) is 0.947. The SMILES string of the molecule is CN1C(=O)Cc2cc(S(=O)(=O)NCC(=O)N3CCc4ccccc4C3)ccc21. The predicted octanol–water partition coefficient (Wildman–Crippen LogP) is 1.07. The standard InChI is InChI=1S/C20H21N3O4S/c1-22-18-7-6-17(10-16(18)11-19(22)24)28(26,27)21-12-20(25)23-9-8-14-4-2-3-5-15(14)13-23/h2-7,10,21H,8-9,11-13H2,1H3. The van der Waals surface area contributed by atoms with Crippen molar-refractivity contribution >= 4 is 27.5 Å². The van der Waals surface area contributed by atoms with E-state index < -0.39 is 10.0 Å². The van der Waals surface area contributed by atoms with Crippen LogP contribution in [0, 0.1) is 0 Å². The Morgan fingerprint density at radius 2 is 1.86 bits per heavy atom. The number of likely N-dealkylation sites (N-methyl/N-ethyl adjacent to an activating group) is 1. The summed E-state index contributed by atoms with van der Waals surface area (Å²) in [5.41, 5.74) is 3.71. The maximum absolute atomic E-state index is 12.6. The van der Waals surface area contributed by atoms with Crippen molar-refractivity contribution in [3.63, 3.8) is 0 Å². The summed E-state index contributed by atoms with van der Waals surface area (Å²) >= 11 is 0. The van der Waals surface area contributed by atoms with Crippen LogP contribution in [-0.4, -0.2) is 45.3 Å². The molecule has 4 rings (SSSR count). The predicted molar refractivity (Wildman–Crippen MR) is 104 cm³/mol. The molecule has 0 fully saturated rings. The maximum atomic E-state index is 12.6. The molecule has 0 unspecified atom stereocenters. The van der Waals surface area contributed by atoms with E-state index in [-0.39, 0.29) is 29.7 Å². The van der Waals surface area contributed by atoms with Gasteiger partial charge in [0, 0.05) is 25.8 Å². The fourth-order valence-electron chi connectivity index (χ4n) is 3.67. The first kappa shape index (κ1) is 18.6. The molecule has 0 saturated heterocycles. The molecule has 2 aliphatic heterocycles. The zero-order chi connectivity index (χ0) is 19.9. The van der Waals surface area contributed by atoms with Gasteiger partial charge >= 0.3 is 0 Å². The van der Waals surface area contributed by atoms with Crippen molar-refractivity contribution in [3.8, 4) is 0 Å². The second-order valence-electron chi connectivity index (χ2n) is 7.08. The number of rotatable bonds is 4. The summed E-state index contributed by atoms with van der Waals surface area (Å²) in [6, 6.07) is 12.5. The van der Waals surface area contributed by atoms with Gasteiger partial charge in [-0.1, -0.05) is 24.3 Å². The number of benzene rings is 2. The number of sulfonamides is 1. The molecule has 146 valence electrons. The number of nitrogens with one attached hydrogen (secondary N) is 1. The van der Waals surface area contributed by atoms with E-state index in [0.29, 0.717) is 24.3 Å². The molecule has 8 heteroatoms. The zero-order valence-corrected chi connectivity index (χ0v) is 16.3. The normalized spacial score (nSPS) is 16.1. The third kappa shape index (κ3) is 3.41. The number of nitrogens with zero attached hydrogens (tertiary/aromatic N) is 2. The lowest BCUT2D eigenvalue weighted by Gasteiger charge is -2.29. The van der Waals surface area contributed by atoms with Crippen LogP contribution in [-0.2, 0) is 39.0 Å². The van der Waals surface area contributed by atoms with Crippen LogP contribution in [0.5, 0.6) is 0 Å². The highest BCUT2D eigenvalue weighted by Crippen LogP contribution is 2.29. The molecule has 7 nitrogen and oxygen atoms in total. The molecule has 28 heavy (non-hydrogen) atoms. The number of anilines is 1. The maximum Gasteiger partial charge on any atom is 0.241 e. The molecule has 0 spiro atoms. The number of hydrogen-bond acceptors (Lipinski definition) is 4. The molecule has 0 atom stereocenters. The molecule has 2 heterocycles. The zero-order valence-electron chi connectivity index (χ0n) is 15.5. The van der Waals surface area contributed by atoms with Gasteiger partial charge in [-0.25, -0.2) is 13.1 Å². The number of hydrogen-bond donors (Lipinski definition) is 1. The van der Waals surface area contributed by atoms with Crippen LogP contribution in [0.15, 0.2) is 47.4 Å². The minimum Gasteiger partial charge on any atom is -0.337 e. The van der Waals surface area contributed by atoms with E-state index in [2.05, 4.69) is 10.8 Å². The Bertz CT molecular complexity index is 1060. The average molecular weight is 399 g/mol. The van der Waals surface area contributed by atoms with E-state index in [9.17, 15) is 18.0 Å². The highest BCUT2D eigenvalue weighted by Gasteiger charge is 2.27. The highest BCUT2D eigenvalue weighted by molar-refractivity contribution is 7.89. The fourth-order valence-corrected chi connectivity index (χ4v) is 4.70. The van der Waals surface area contributed by atoms with Crippen LogP contribution in [0.3, 0.4) is 0 Å². The Morgan fingerprint density at radius 3 is 2.64 bits per heavy atom. The molecule has 2 aromatic rings. The first-order valence-electron chi connectivity index (χ1n) is 9.09. The van der Waals surface area contributed by atoms with Gasteiger partial charge in [0.25, 0.3) is 0 Å². The molecular formula is C20H21N3O4S. The van der Waals surface area contributed by atoms with Gasteiger partial charge in [-0.05, 0) is 41.3 Å². The van der Waals surface area contributed by atoms with Crippen molar-refractivity contribution in [2.75, 3.05) is 25.0 Å². The summed E-state index contributed by atoms with van der Waals surface area (Å²) in [6.45, 7) is 0.773. The lowest BCUT2D eigenvalue weighted by Crippen LogP contribution is -2.42. The van der Waals surface area contributed by atoms with Gasteiger partial charge in [-0.3, -0.25) is 9.59 Å². The van der Waals surface area contributed by atoms with E-state index in [1.807, 2.05) is 18.2 Å². The van der Waals surface area contributed by atoms with Crippen molar-refractivity contribution in [1.29, 1.82) is 0 Å². The van der Waals surface area contributed by atoms with Gasteiger partial charge in [-0.2, -0.15) is 0 Å². The van der Waals surface area contributed by atoms with E-state index in [0.717, 1.165) is 12.0 Å². The number of carbonyl (C=O) groups excluding carboxylic acids is 2. The molecule has 0 saturated carbocycles. The monoisotopic (exact) mass is 399 g/mol. The van der Waals surface area contributed by atoms with Crippen LogP contribution in [0.2, 0.25) is 0 Å². The topological polar surface area (TPSA) is 86.8 Å². The minimum absolute atomic E-state index is 0.0612. The van der Waals surface area contributed by atoms with Gasteiger partial charge in [-0.15, -0.1) is 0 Å². The van der Waals surface area contributed by atoms with Gasteiger partial charge in [0.15, 0.2) is 0 Å². The first-order valence-corrected chi connectivity index (χ1v) is 10.6. The Morgan fingerprint density at radius 1 is 1.11 bits per heavy atom. The molecule has 0 aliphatic carbocycles. The van der Waals surface area contributed by atoms with Crippen LogP contribution in [0.25, 0.3) is 0 Å². The van der Waals surface area contributed by atoms with Crippen molar-refractivity contribution < 1.29 is 18.0 Å². The van der Waals surface area contributed by atoms with Gasteiger partial charge in [0.2, 0.25) is 21.8 Å². The largest absolute Gasteiger partial charge is 0.337 e. The van der Waals surface area contributed by atoms with Gasteiger partial charge in [0.05, 0.1) is 17.9 Å². The summed E-state index contributed by atoms with van der Waals surface area (Å²) in [4.78, 5) is 27.5. The first-order chi connectivity index (χ1) is 13.3. The fraction of sp³-hybridized carbons (Fsp3) is 0.300. The van der Waals surface area contributed by atoms with Crippen LogP contribution in [0.1, 0.15) is 16.7 Å². The van der Waals surface area contributed by atoms with Crippen LogP contribution in [0.4, 0.5) is 5.69 Å². The van der Waals surface area contributed by atoms with Crippen molar-refractivity contribution in [2.45, 2.75) is 24.3 Å². The van der Waals surface area contributed by atoms with Crippen LogP contribution >= 0.6 is 0 Å². The Labute approximate surface area is 164 Å². The van der Waals surface area contributed by atoms with Gasteiger partial charge < -0.3 is 9.80 Å². The van der Waals surface area contributed by atoms with E-state index >= 15 is 0 Å². The van der Waals surface area contributed by atoms with Crippen molar-refractivity contribution in [1.82, 2.24) is 9.62 Å². The third-order valence-corrected chi connectivity index (χ3v) is 6.73. The number of amides is 2. The number of carbonyl (C=O) groups is 2. The van der Waals surface area contributed by atoms with Gasteiger partial charge in [0.1, 0.15) is 0 Å². The lowest BCUT2D eigenvalue weighted by atomic mass is 10.00. The smallest absolute Gasteiger partial charge is 0.241 e. The summed E-state index contributed by atoms with van der Waals surface area (Å²) in [5.74, 6) is -0.327. The van der Waals surface area contributed by atoms with E-state index in [1.165, 1.54) is 22.6 Å². The van der Waals surface area contributed by atoms with Crippen LogP contribution < -0.4 is 9.62 Å². The Kier molecular flexibility index (Phi) is 4.68. The molecule has 0 bridgehead atoms. The second kappa shape index (κ2) is 7.03. The molecule has 1 N–H and O–H groups in total. The quantitative estimate of drug-likeness (QED) is 0.833. The molecular weight excluding hydrogens is 378 g/mol. The highest BCUT2D eigenvalue weighted by atomic mass is 32.2. The molecule has 0 aromatic heterocycles. The average Bonchev–Trinajstić information content (AvgIpc) is 2.99. The molecule has 0 radical (unpaired) electrons. The van der Waals surface area contributed by atoms with Crippen molar-refractivity contribution in [3.05, 3.63) is 59.2 Å². The summed E-state index contributed by atoms with van der Waals surface area (Å²) < 4.78 is 27.6. The Balaban J connectivity index is 1.43. The molecule has 2 aliphatic rings. The number of fused-ring (bicyclic) bond motifs is 2. The Hall–Kier alpha value is -2.71. The molecule has 2 aromatic carbocycles. The summed E-state index contributed by atoms with van der Waals surface area (Å²) in [7, 11) is -2.18. The lowest BCUT2D eigenvalue weighted by molar-refractivity contribution is -0.130. The van der Waals surface area contributed by atoms with E-state index in [4.69, 9.17) is 0 Å². The van der Waals surface area contributed by atoms with E-state index in [1.54, 1.807) is 18.0 Å². The molecule has 2 amide bonds. The minimum atomic E-state index is -3.84. The third-order valence-electron chi connectivity index (χ3n) is 5.34. The summed E-state index contributed by atoms with van der Waals surface area (Å²) in [5, 5.41) is 0.